The van der Waals surface area contributed by atoms with Crippen molar-refractivity contribution in [2.24, 2.45) is 0 Å². The van der Waals surface area contributed by atoms with Gasteiger partial charge in [0.25, 0.3) is 0 Å². The molecule has 2 N–H and O–H groups in total. The second-order valence-corrected chi connectivity index (χ2v) is 3.97. The Morgan fingerprint density at radius 3 is 3.00 bits per heavy atom. The van der Waals surface area contributed by atoms with Gasteiger partial charge in [-0.3, -0.25) is 4.79 Å². The van der Waals surface area contributed by atoms with E-state index < -0.39 is 12.0 Å². The van der Waals surface area contributed by atoms with Gasteiger partial charge in [-0.25, -0.2) is 0 Å². The van der Waals surface area contributed by atoms with Crippen LogP contribution < -0.4 is 19.5 Å². The molecule has 0 radical (unpaired) electrons. The Balaban J connectivity index is 2.12. The van der Waals surface area contributed by atoms with E-state index in [4.69, 9.17) is 19.3 Å². The van der Waals surface area contributed by atoms with Gasteiger partial charge in [-0.1, -0.05) is 0 Å². The molecule has 0 saturated heterocycles. The summed E-state index contributed by atoms with van der Waals surface area (Å²) >= 11 is 0. The minimum Gasteiger partial charge on any atom is -0.493 e. The first-order valence-corrected chi connectivity index (χ1v) is 5.54. The van der Waals surface area contributed by atoms with E-state index in [1.165, 1.54) is 0 Å². The van der Waals surface area contributed by atoms with Crippen LogP contribution in [0.2, 0.25) is 0 Å². The smallest absolute Gasteiger partial charge is 0.320 e. The highest BCUT2D eigenvalue weighted by Crippen LogP contribution is 2.41. The Labute approximate surface area is 104 Å². The molecule has 6 heteroatoms. The van der Waals surface area contributed by atoms with Crippen molar-refractivity contribution in [2.75, 3.05) is 13.9 Å². The lowest BCUT2D eigenvalue weighted by molar-refractivity contribution is -0.139. The predicted molar refractivity (Wildman–Crippen MR) is 63.1 cm³/mol. The number of carboxylic acids is 1. The third-order valence-corrected chi connectivity index (χ3v) is 2.70. The second kappa shape index (κ2) is 5.14. The monoisotopic (exact) mass is 253 g/mol. The van der Waals surface area contributed by atoms with Crippen molar-refractivity contribution >= 4 is 5.97 Å². The predicted octanol–water partition coefficient (Wildman–Crippen LogP) is 0.987. The molecule has 1 aromatic rings. The summed E-state index contributed by atoms with van der Waals surface area (Å²) in [5, 5.41) is 11.7. The van der Waals surface area contributed by atoms with Gasteiger partial charge >= 0.3 is 5.97 Å². The molecular formula is C12H15NO5. The molecule has 1 aromatic carbocycles. The molecule has 0 bridgehead atoms. The van der Waals surface area contributed by atoms with Crippen molar-refractivity contribution in [3.8, 4) is 17.2 Å². The highest BCUT2D eigenvalue weighted by atomic mass is 16.7. The summed E-state index contributed by atoms with van der Waals surface area (Å²) in [5.74, 6) is 0.911. The van der Waals surface area contributed by atoms with Crippen molar-refractivity contribution in [1.82, 2.24) is 5.32 Å². The molecule has 6 nitrogen and oxygen atoms in total. The van der Waals surface area contributed by atoms with Gasteiger partial charge in [0.05, 0.1) is 7.11 Å². The van der Waals surface area contributed by atoms with Crippen LogP contribution in [-0.4, -0.2) is 31.0 Å². The topological polar surface area (TPSA) is 77.0 Å². The largest absolute Gasteiger partial charge is 0.493 e. The minimum absolute atomic E-state index is 0.175. The number of benzene rings is 1. The molecule has 0 aliphatic carbocycles. The fraction of sp³-hybridized carbons (Fsp3) is 0.417. The SMILES string of the molecule is COc1cc(CNC(C)C(=O)O)cc2c1OCO2. The normalized spacial score (nSPS) is 14.3. The van der Waals surface area contributed by atoms with E-state index in [1.54, 1.807) is 20.1 Å². The summed E-state index contributed by atoms with van der Waals surface area (Å²) in [5.41, 5.74) is 0.879. The van der Waals surface area contributed by atoms with Crippen LogP contribution in [0.3, 0.4) is 0 Å². The van der Waals surface area contributed by atoms with Crippen LogP contribution in [0, 0.1) is 0 Å². The molecule has 1 atom stereocenters. The number of rotatable bonds is 5. The number of methoxy groups -OCH3 is 1. The molecule has 18 heavy (non-hydrogen) atoms. The Hall–Kier alpha value is -1.95. The molecule has 0 amide bonds. The van der Waals surface area contributed by atoms with Crippen LogP contribution in [-0.2, 0) is 11.3 Å². The van der Waals surface area contributed by atoms with Crippen molar-refractivity contribution in [3.63, 3.8) is 0 Å². The van der Waals surface area contributed by atoms with Gasteiger partial charge in [0.1, 0.15) is 6.04 Å². The highest BCUT2D eigenvalue weighted by molar-refractivity contribution is 5.72. The van der Waals surface area contributed by atoms with E-state index >= 15 is 0 Å². The van der Waals surface area contributed by atoms with Crippen molar-refractivity contribution < 1.29 is 24.1 Å². The first-order valence-electron chi connectivity index (χ1n) is 5.54. The van der Waals surface area contributed by atoms with E-state index in [1.807, 2.05) is 6.07 Å². The molecule has 1 unspecified atom stereocenters. The lowest BCUT2D eigenvalue weighted by Gasteiger charge is -2.11. The summed E-state index contributed by atoms with van der Waals surface area (Å²) < 4.78 is 15.8. The average molecular weight is 253 g/mol. The third-order valence-electron chi connectivity index (χ3n) is 2.70. The fourth-order valence-corrected chi connectivity index (χ4v) is 1.64. The minimum atomic E-state index is -0.886. The summed E-state index contributed by atoms with van der Waals surface area (Å²) in [6.07, 6.45) is 0. The Morgan fingerprint density at radius 1 is 1.56 bits per heavy atom. The molecule has 98 valence electrons. The Bertz CT molecular complexity index is 460. The first kappa shape index (κ1) is 12.5. The molecule has 1 aliphatic heterocycles. The first-order chi connectivity index (χ1) is 8.61. The van der Waals surface area contributed by atoms with Crippen LogP contribution in [0.25, 0.3) is 0 Å². The quantitative estimate of drug-likeness (QED) is 0.814. The van der Waals surface area contributed by atoms with Gasteiger partial charge in [-0.05, 0) is 24.6 Å². The molecule has 0 saturated carbocycles. The number of hydrogen-bond donors (Lipinski definition) is 2. The third kappa shape index (κ3) is 2.48. The zero-order valence-electron chi connectivity index (χ0n) is 10.2. The van der Waals surface area contributed by atoms with Gasteiger partial charge in [0, 0.05) is 6.54 Å². The maximum Gasteiger partial charge on any atom is 0.320 e. The summed E-state index contributed by atoms with van der Waals surface area (Å²) in [6.45, 7) is 2.18. The van der Waals surface area contributed by atoms with Gasteiger partial charge in [0.2, 0.25) is 12.5 Å². The molecule has 1 aliphatic rings. The Morgan fingerprint density at radius 2 is 2.33 bits per heavy atom. The van der Waals surface area contributed by atoms with Gasteiger partial charge in [0.15, 0.2) is 11.5 Å². The highest BCUT2D eigenvalue weighted by Gasteiger charge is 2.20. The summed E-state index contributed by atoms with van der Waals surface area (Å²) in [7, 11) is 1.55. The lowest BCUT2D eigenvalue weighted by Crippen LogP contribution is -2.33. The number of carboxylic acid groups (broad SMARTS) is 1. The van der Waals surface area contributed by atoms with Crippen LogP contribution in [0.15, 0.2) is 12.1 Å². The van der Waals surface area contributed by atoms with Crippen LogP contribution >= 0.6 is 0 Å². The molecule has 0 fully saturated rings. The number of fused-ring (bicyclic) bond motifs is 1. The number of aliphatic carboxylic acids is 1. The van der Waals surface area contributed by atoms with Crippen molar-refractivity contribution in [3.05, 3.63) is 17.7 Å². The number of nitrogens with one attached hydrogen (secondary N) is 1. The molecule has 2 rings (SSSR count). The summed E-state index contributed by atoms with van der Waals surface area (Å²) in [6, 6.07) is 3.00. The van der Waals surface area contributed by atoms with E-state index in [0.29, 0.717) is 23.8 Å². The van der Waals surface area contributed by atoms with Crippen LogP contribution in [0.4, 0.5) is 0 Å². The maximum absolute atomic E-state index is 10.7. The molecule has 1 heterocycles. The average Bonchev–Trinajstić information content (AvgIpc) is 2.82. The van der Waals surface area contributed by atoms with Gasteiger partial charge in [-0.15, -0.1) is 0 Å². The number of ether oxygens (including phenoxy) is 3. The molecule has 0 spiro atoms. The standard InChI is InChI=1S/C12H15NO5/c1-7(12(14)15)13-5-8-3-9(16-2)11-10(4-8)17-6-18-11/h3-4,7,13H,5-6H2,1-2H3,(H,14,15). The summed E-state index contributed by atoms with van der Waals surface area (Å²) in [4.78, 5) is 10.7. The second-order valence-electron chi connectivity index (χ2n) is 3.97. The van der Waals surface area contributed by atoms with Gasteiger partial charge in [-0.2, -0.15) is 0 Å². The number of hydrogen-bond acceptors (Lipinski definition) is 5. The van der Waals surface area contributed by atoms with E-state index in [0.717, 1.165) is 5.56 Å². The zero-order chi connectivity index (χ0) is 13.1. The maximum atomic E-state index is 10.7. The van der Waals surface area contributed by atoms with E-state index in [2.05, 4.69) is 5.32 Å². The van der Waals surface area contributed by atoms with Crippen molar-refractivity contribution in [2.45, 2.75) is 19.5 Å². The van der Waals surface area contributed by atoms with Crippen LogP contribution in [0.5, 0.6) is 17.2 Å². The number of carbonyl (C=O) groups is 1. The van der Waals surface area contributed by atoms with Crippen LogP contribution in [0.1, 0.15) is 12.5 Å². The lowest BCUT2D eigenvalue weighted by atomic mass is 10.1. The van der Waals surface area contributed by atoms with Crippen molar-refractivity contribution in [1.29, 1.82) is 0 Å². The molecular weight excluding hydrogens is 238 g/mol. The molecule has 0 aromatic heterocycles. The zero-order valence-corrected chi connectivity index (χ0v) is 10.2. The van der Waals surface area contributed by atoms with E-state index in [9.17, 15) is 4.79 Å². The Kier molecular flexibility index (Phi) is 3.57. The van der Waals surface area contributed by atoms with Gasteiger partial charge < -0.3 is 24.6 Å². The van der Waals surface area contributed by atoms with E-state index in [-0.39, 0.29) is 6.79 Å². The fourth-order valence-electron chi connectivity index (χ4n) is 1.64.